The monoisotopic (exact) mass is 327 g/mol. The van der Waals surface area contributed by atoms with E-state index < -0.39 is 28.7 Å². The molecule has 0 bridgehead atoms. The molecule has 7 heteroatoms. The maximum absolute atomic E-state index is 13.7. The number of aromatic amines is 1. The molecule has 0 spiro atoms. The predicted octanol–water partition coefficient (Wildman–Crippen LogP) is 2.97. The Morgan fingerprint density at radius 2 is 1.83 bits per heavy atom. The third-order valence-corrected chi connectivity index (χ3v) is 3.36. The molecule has 0 fully saturated rings. The van der Waals surface area contributed by atoms with Crippen molar-refractivity contribution in [1.29, 1.82) is 0 Å². The van der Waals surface area contributed by atoms with Crippen LogP contribution in [0.2, 0.25) is 0 Å². The molecule has 0 unspecified atom stereocenters. The largest absolute Gasteiger partial charge is 0.327 e. The molecule has 0 aliphatic rings. The standard InChI is InChI=1S/C17H11F2N3O2/c18-13-3-1-2-12(15(13)19)16(23)22-14-8-11(9-21-17(14)24)10-4-6-20-7-5-10/h1-9H,(H,21,24)(H,22,23). The highest BCUT2D eigenvalue weighted by Gasteiger charge is 2.16. The number of benzene rings is 1. The number of anilines is 1. The minimum atomic E-state index is -1.27. The highest BCUT2D eigenvalue weighted by molar-refractivity contribution is 6.04. The van der Waals surface area contributed by atoms with Crippen LogP contribution in [0.15, 0.2) is 59.8 Å². The van der Waals surface area contributed by atoms with Gasteiger partial charge in [0, 0.05) is 24.2 Å². The van der Waals surface area contributed by atoms with E-state index in [-0.39, 0.29) is 5.69 Å². The number of H-pyrrole nitrogens is 1. The van der Waals surface area contributed by atoms with Gasteiger partial charge in [-0.2, -0.15) is 0 Å². The third-order valence-electron chi connectivity index (χ3n) is 3.36. The second-order valence-corrected chi connectivity index (χ2v) is 4.92. The molecule has 2 heterocycles. The summed E-state index contributed by atoms with van der Waals surface area (Å²) in [5, 5.41) is 2.30. The van der Waals surface area contributed by atoms with Crippen molar-refractivity contribution in [2.45, 2.75) is 0 Å². The first-order valence-electron chi connectivity index (χ1n) is 6.95. The molecule has 3 aromatic rings. The zero-order chi connectivity index (χ0) is 17.1. The van der Waals surface area contributed by atoms with Gasteiger partial charge in [0.25, 0.3) is 11.5 Å². The fraction of sp³-hybridized carbons (Fsp3) is 0. The average molecular weight is 327 g/mol. The normalized spacial score (nSPS) is 10.4. The van der Waals surface area contributed by atoms with E-state index in [4.69, 9.17) is 0 Å². The van der Waals surface area contributed by atoms with E-state index >= 15 is 0 Å². The van der Waals surface area contributed by atoms with Crippen LogP contribution in [0.1, 0.15) is 10.4 Å². The van der Waals surface area contributed by atoms with Crippen molar-refractivity contribution in [2.24, 2.45) is 0 Å². The second-order valence-electron chi connectivity index (χ2n) is 4.92. The summed E-state index contributed by atoms with van der Waals surface area (Å²) in [5.74, 6) is -3.32. The molecule has 0 saturated heterocycles. The van der Waals surface area contributed by atoms with Crippen LogP contribution in [-0.4, -0.2) is 15.9 Å². The fourth-order valence-corrected chi connectivity index (χ4v) is 2.16. The van der Waals surface area contributed by atoms with Crippen LogP contribution in [0.25, 0.3) is 11.1 Å². The quantitative estimate of drug-likeness (QED) is 0.776. The highest BCUT2D eigenvalue weighted by Crippen LogP contribution is 2.19. The molecular weight excluding hydrogens is 316 g/mol. The van der Waals surface area contributed by atoms with E-state index in [1.54, 1.807) is 24.5 Å². The lowest BCUT2D eigenvalue weighted by molar-refractivity contribution is 0.102. The summed E-state index contributed by atoms with van der Waals surface area (Å²) in [6, 6.07) is 8.16. The SMILES string of the molecule is O=C(Nc1cc(-c2ccncc2)c[nH]c1=O)c1cccc(F)c1F. The van der Waals surface area contributed by atoms with Crippen molar-refractivity contribution in [1.82, 2.24) is 9.97 Å². The zero-order valence-corrected chi connectivity index (χ0v) is 12.2. The zero-order valence-electron chi connectivity index (χ0n) is 12.2. The number of hydrogen-bond acceptors (Lipinski definition) is 3. The summed E-state index contributed by atoms with van der Waals surface area (Å²) in [6.45, 7) is 0. The van der Waals surface area contributed by atoms with Crippen molar-refractivity contribution in [2.75, 3.05) is 5.32 Å². The summed E-state index contributed by atoms with van der Waals surface area (Å²) in [4.78, 5) is 30.4. The number of halogens is 2. The summed E-state index contributed by atoms with van der Waals surface area (Å²) in [6.07, 6.45) is 4.65. The van der Waals surface area contributed by atoms with Crippen molar-refractivity contribution < 1.29 is 13.6 Å². The lowest BCUT2D eigenvalue weighted by Gasteiger charge is -2.08. The molecule has 3 rings (SSSR count). The number of rotatable bonds is 3. The summed E-state index contributed by atoms with van der Waals surface area (Å²) < 4.78 is 26.9. The Hall–Kier alpha value is -3.35. The Bertz CT molecular complexity index is 956. The van der Waals surface area contributed by atoms with Gasteiger partial charge in [-0.25, -0.2) is 8.78 Å². The van der Waals surface area contributed by atoms with Gasteiger partial charge in [0.15, 0.2) is 11.6 Å². The van der Waals surface area contributed by atoms with Crippen LogP contribution in [0.3, 0.4) is 0 Å². The van der Waals surface area contributed by atoms with Crippen LogP contribution < -0.4 is 10.9 Å². The molecule has 0 aliphatic carbocycles. The summed E-state index contributed by atoms with van der Waals surface area (Å²) in [5.41, 5.74) is 0.292. The second kappa shape index (κ2) is 6.41. The molecule has 0 saturated carbocycles. The molecule has 2 aromatic heterocycles. The van der Waals surface area contributed by atoms with E-state index in [9.17, 15) is 18.4 Å². The topological polar surface area (TPSA) is 74.8 Å². The lowest BCUT2D eigenvalue weighted by atomic mass is 10.1. The molecule has 0 radical (unpaired) electrons. The minimum absolute atomic E-state index is 0.0713. The molecule has 120 valence electrons. The molecule has 24 heavy (non-hydrogen) atoms. The first-order chi connectivity index (χ1) is 11.6. The van der Waals surface area contributed by atoms with Crippen LogP contribution in [0.4, 0.5) is 14.5 Å². The van der Waals surface area contributed by atoms with E-state index in [1.807, 2.05) is 0 Å². The van der Waals surface area contributed by atoms with Gasteiger partial charge in [0.05, 0.1) is 5.56 Å². The van der Waals surface area contributed by atoms with Crippen LogP contribution in [0.5, 0.6) is 0 Å². The van der Waals surface area contributed by atoms with Crippen LogP contribution in [-0.2, 0) is 0 Å². The van der Waals surface area contributed by atoms with E-state index in [0.717, 1.165) is 17.7 Å². The number of aromatic nitrogens is 2. The predicted molar refractivity (Wildman–Crippen MR) is 84.6 cm³/mol. The van der Waals surface area contributed by atoms with Crippen LogP contribution in [0, 0.1) is 11.6 Å². The van der Waals surface area contributed by atoms with Crippen molar-refractivity contribution >= 4 is 11.6 Å². The smallest absolute Gasteiger partial charge is 0.271 e. The number of nitrogens with one attached hydrogen (secondary N) is 2. The molecule has 1 amide bonds. The summed E-state index contributed by atoms with van der Waals surface area (Å²) >= 11 is 0. The number of amides is 1. The Labute approximate surface area is 135 Å². The first-order valence-corrected chi connectivity index (χ1v) is 6.95. The lowest BCUT2D eigenvalue weighted by Crippen LogP contribution is -2.21. The maximum atomic E-state index is 13.7. The van der Waals surface area contributed by atoms with E-state index in [2.05, 4.69) is 15.3 Å². The molecular formula is C17H11F2N3O2. The molecule has 1 aromatic carbocycles. The Balaban J connectivity index is 1.94. The van der Waals surface area contributed by atoms with E-state index in [0.29, 0.717) is 5.56 Å². The summed E-state index contributed by atoms with van der Waals surface area (Å²) in [7, 11) is 0. The first kappa shape index (κ1) is 15.5. The van der Waals surface area contributed by atoms with Crippen molar-refractivity contribution in [3.8, 4) is 11.1 Å². The van der Waals surface area contributed by atoms with Gasteiger partial charge in [0.1, 0.15) is 5.69 Å². The van der Waals surface area contributed by atoms with Gasteiger partial charge >= 0.3 is 0 Å². The van der Waals surface area contributed by atoms with Crippen LogP contribution >= 0.6 is 0 Å². The maximum Gasteiger partial charge on any atom is 0.271 e. The number of pyridine rings is 2. The van der Waals surface area contributed by atoms with Gasteiger partial charge in [0.2, 0.25) is 0 Å². The fourth-order valence-electron chi connectivity index (χ4n) is 2.16. The third kappa shape index (κ3) is 3.05. The van der Waals surface area contributed by atoms with Gasteiger partial charge in [-0.1, -0.05) is 6.07 Å². The molecule has 2 N–H and O–H groups in total. The van der Waals surface area contributed by atoms with E-state index in [1.165, 1.54) is 18.3 Å². The number of carbonyl (C=O) groups is 1. The molecule has 0 atom stereocenters. The molecule has 0 aliphatic heterocycles. The van der Waals surface area contributed by atoms with Crippen molar-refractivity contribution in [3.63, 3.8) is 0 Å². The highest BCUT2D eigenvalue weighted by atomic mass is 19.2. The Morgan fingerprint density at radius 1 is 1.08 bits per heavy atom. The van der Waals surface area contributed by atoms with Gasteiger partial charge in [-0.05, 0) is 35.9 Å². The Kier molecular flexibility index (Phi) is 4.15. The number of hydrogen-bond donors (Lipinski definition) is 2. The van der Waals surface area contributed by atoms with Gasteiger partial charge in [-0.3, -0.25) is 14.6 Å². The number of carbonyl (C=O) groups excluding carboxylic acids is 1. The van der Waals surface area contributed by atoms with Crippen molar-refractivity contribution in [3.05, 3.63) is 82.5 Å². The van der Waals surface area contributed by atoms with Gasteiger partial charge < -0.3 is 10.3 Å². The molecule has 5 nitrogen and oxygen atoms in total. The Morgan fingerprint density at radius 3 is 2.58 bits per heavy atom. The number of nitrogens with zero attached hydrogens (tertiary/aromatic N) is 1. The average Bonchev–Trinajstić information content (AvgIpc) is 2.60. The van der Waals surface area contributed by atoms with Gasteiger partial charge in [-0.15, -0.1) is 0 Å². The minimum Gasteiger partial charge on any atom is -0.327 e.